The van der Waals surface area contributed by atoms with Crippen molar-refractivity contribution >= 4 is 27.7 Å². The third-order valence-electron chi connectivity index (χ3n) is 6.50. The molecule has 0 fully saturated rings. The zero-order valence-electron chi connectivity index (χ0n) is 21.3. The van der Waals surface area contributed by atoms with Gasteiger partial charge in [-0.1, -0.05) is 48.5 Å². The normalized spacial score (nSPS) is 11.9. The first-order chi connectivity index (χ1) is 18.0. The Labute approximate surface area is 215 Å². The van der Waals surface area contributed by atoms with Crippen LogP contribution >= 0.6 is 0 Å². The molecule has 1 N–H and O–H groups in total. The number of hydrogen-bond acceptors (Lipinski definition) is 5. The Balaban J connectivity index is 1.48. The lowest BCUT2D eigenvalue weighted by Gasteiger charge is -2.18. The Kier molecular flexibility index (Phi) is 6.68. The van der Waals surface area contributed by atoms with Gasteiger partial charge in [0, 0.05) is 12.1 Å². The summed E-state index contributed by atoms with van der Waals surface area (Å²) >= 11 is 0. The van der Waals surface area contributed by atoms with Gasteiger partial charge in [0.2, 0.25) is 5.75 Å². The Morgan fingerprint density at radius 1 is 0.865 bits per heavy atom. The zero-order chi connectivity index (χ0) is 25.9. The van der Waals surface area contributed by atoms with Crippen molar-refractivity contribution in [2.45, 2.75) is 19.5 Å². The van der Waals surface area contributed by atoms with Crippen LogP contribution in [0.5, 0.6) is 17.2 Å². The van der Waals surface area contributed by atoms with Crippen molar-refractivity contribution in [3.63, 3.8) is 0 Å². The second-order valence-electron chi connectivity index (χ2n) is 8.84. The van der Waals surface area contributed by atoms with E-state index in [2.05, 4.69) is 46.3 Å². The number of hydrogen-bond donors (Lipinski definition) is 1. The maximum absolute atomic E-state index is 13.3. The van der Waals surface area contributed by atoms with E-state index in [1.54, 1.807) is 12.1 Å². The molecule has 7 heteroatoms. The van der Waals surface area contributed by atoms with Gasteiger partial charge in [-0.3, -0.25) is 4.79 Å². The Morgan fingerprint density at radius 3 is 2.24 bits per heavy atom. The SMILES string of the molecule is COc1cc(C(=O)NC(C)c2nc3ccccc3n2Cc2ccc3ccccc3c2)cc(OC)c1OC. The number of methoxy groups -OCH3 is 3. The molecule has 1 heterocycles. The quantitative estimate of drug-likeness (QED) is 0.297. The molecule has 0 aliphatic heterocycles. The number of benzene rings is 4. The highest BCUT2D eigenvalue weighted by Gasteiger charge is 2.22. The maximum atomic E-state index is 13.3. The molecule has 37 heavy (non-hydrogen) atoms. The standard InChI is InChI=1S/C30H29N3O4/c1-19(31-30(34)23-16-26(35-2)28(37-4)27(17-23)36-3)29-32-24-11-7-8-12-25(24)33(29)18-20-13-14-21-9-5-6-10-22(21)15-20/h5-17,19H,18H2,1-4H3,(H,31,34). The van der Waals surface area contributed by atoms with Crippen molar-refractivity contribution < 1.29 is 19.0 Å². The molecule has 0 bridgehead atoms. The van der Waals surface area contributed by atoms with Crippen LogP contribution in [0, 0.1) is 0 Å². The summed E-state index contributed by atoms with van der Waals surface area (Å²) in [6.07, 6.45) is 0. The largest absolute Gasteiger partial charge is 0.493 e. The van der Waals surface area contributed by atoms with Crippen LogP contribution in [0.2, 0.25) is 0 Å². The van der Waals surface area contributed by atoms with Gasteiger partial charge in [-0.15, -0.1) is 0 Å². The Hall–Kier alpha value is -4.52. The molecular formula is C30H29N3O4. The first-order valence-corrected chi connectivity index (χ1v) is 12.1. The molecule has 4 aromatic carbocycles. The highest BCUT2D eigenvalue weighted by atomic mass is 16.5. The minimum absolute atomic E-state index is 0.268. The molecule has 0 saturated carbocycles. The van der Waals surface area contributed by atoms with Crippen LogP contribution in [-0.2, 0) is 6.54 Å². The average Bonchev–Trinajstić information content (AvgIpc) is 3.30. The molecule has 5 rings (SSSR count). The monoisotopic (exact) mass is 495 g/mol. The highest BCUT2D eigenvalue weighted by molar-refractivity contribution is 5.96. The summed E-state index contributed by atoms with van der Waals surface area (Å²) < 4.78 is 18.4. The molecule has 0 saturated heterocycles. The number of rotatable bonds is 8. The second-order valence-corrected chi connectivity index (χ2v) is 8.84. The number of nitrogens with zero attached hydrogens (tertiary/aromatic N) is 2. The lowest BCUT2D eigenvalue weighted by Crippen LogP contribution is -2.29. The molecular weight excluding hydrogens is 466 g/mol. The van der Waals surface area contributed by atoms with E-state index in [-0.39, 0.29) is 11.9 Å². The third-order valence-corrected chi connectivity index (χ3v) is 6.50. The number of ether oxygens (including phenoxy) is 3. The number of aromatic nitrogens is 2. The van der Waals surface area contributed by atoms with Gasteiger partial charge >= 0.3 is 0 Å². The minimum Gasteiger partial charge on any atom is -0.493 e. The average molecular weight is 496 g/mol. The molecule has 1 atom stereocenters. The summed E-state index contributed by atoms with van der Waals surface area (Å²) in [6, 6.07) is 25.7. The van der Waals surface area contributed by atoms with Crippen molar-refractivity contribution in [1.82, 2.24) is 14.9 Å². The van der Waals surface area contributed by atoms with E-state index in [9.17, 15) is 4.79 Å². The molecule has 188 valence electrons. The van der Waals surface area contributed by atoms with Crippen molar-refractivity contribution in [1.29, 1.82) is 0 Å². The Morgan fingerprint density at radius 2 is 1.54 bits per heavy atom. The molecule has 0 spiro atoms. The van der Waals surface area contributed by atoms with E-state index in [0.29, 0.717) is 29.4 Å². The van der Waals surface area contributed by atoms with E-state index >= 15 is 0 Å². The number of fused-ring (bicyclic) bond motifs is 2. The topological polar surface area (TPSA) is 74.6 Å². The third kappa shape index (κ3) is 4.68. The van der Waals surface area contributed by atoms with Crippen LogP contribution < -0.4 is 19.5 Å². The van der Waals surface area contributed by atoms with Gasteiger partial charge in [0.25, 0.3) is 5.91 Å². The summed E-state index contributed by atoms with van der Waals surface area (Å²) in [7, 11) is 4.58. The van der Waals surface area contributed by atoms with Gasteiger partial charge in [0.1, 0.15) is 5.82 Å². The lowest BCUT2D eigenvalue weighted by atomic mass is 10.1. The molecule has 5 aromatic rings. The van der Waals surface area contributed by atoms with Gasteiger partial charge in [0.15, 0.2) is 11.5 Å². The zero-order valence-corrected chi connectivity index (χ0v) is 21.3. The molecule has 7 nitrogen and oxygen atoms in total. The Bertz CT molecular complexity index is 1570. The predicted molar refractivity (Wildman–Crippen MR) is 145 cm³/mol. The summed E-state index contributed by atoms with van der Waals surface area (Å²) in [5, 5.41) is 5.49. The van der Waals surface area contributed by atoms with Gasteiger partial charge < -0.3 is 24.1 Å². The molecule has 0 radical (unpaired) electrons. The molecule has 0 aliphatic rings. The van der Waals surface area contributed by atoms with Gasteiger partial charge in [0.05, 0.1) is 38.4 Å². The second kappa shape index (κ2) is 10.2. The summed E-state index contributed by atoms with van der Waals surface area (Å²) in [6.45, 7) is 2.57. The number of carbonyl (C=O) groups is 1. The highest BCUT2D eigenvalue weighted by Crippen LogP contribution is 2.38. The van der Waals surface area contributed by atoms with E-state index in [0.717, 1.165) is 22.4 Å². The van der Waals surface area contributed by atoms with E-state index in [4.69, 9.17) is 19.2 Å². The van der Waals surface area contributed by atoms with Crippen LogP contribution in [0.25, 0.3) is 21.8 Å². The van der Waals surface area contributed by atoms with Crippen molar-refractivity contribution in [3.8, 4) is 17.2 Å². The number of nitrogens with one attached hydrogen (secondary N) is 1. The number of amides is 1. The molecule has 1 aromatic heterocycles. The van der Waals surface area contributed by atoms with Crippen molar-refractivity contribution in [2.24, 2.45) is 0 Å². The first kappa shape index (κ1) is 24.2. The molecule has 1 amide bonds. The number of imidazole rings is 1. The fraction of sp³-hybridized carbons (Fsp3) is 0.200. The first-order valence-electron chi connectivity index (χ1n) is 12.1. The summed E-state index contributed by atoms with van der Waals surface area (Å²) in [4.78, 5) is 18.2. The van der Waals surface area contributed by atoms with Crippen LogP contribution in [0.15, 0.2) is 78.9 Å². The van der Waals surface area contributed by atoms with Gasteiger partial charge in [-0.05, 0) is 53.6 Å². The summed E-state index contributed by atoms with van der Waals surface area (Å²) in [5.41, 5.74) is 3.46. The van der Waals surface area contributed by atoms with Gasteiger partial charge in [-0.25, -0.2) is 4.98 Å². The van der Waals surface area contributed by atoms with Gasteiger partial charge in [-0.2, -0.15) is 0 Å². The minimum atomic E-state index is -0.362. The predicted octanol–water partition coefficient (Wildman–Crippen LogP) is 5.75. The van der Waals surface area contributed by atoms with Crippen molar-refractivity contribution in [3.05, 3.63) is 95.8 Å². The number of para-hydroxylation sites is 2. The fourth-order valence-electron chi connectivity index (χ4n) is 4.67. The fourth-order valence-corrected chi connectivity index (χ4v) is 4.67. The summed E-state index contributed by atoms with van der Waals surface area (Å²) in [5.74, 6) is 1.78. The molecule has 1 unspecified atom stereocenters. The maximum Gasteiger partial charge on any atom is 0.252 e. The number of carbonyl (C=O) groups excluding carboxylic acids is 1. The van der Waals surface area contributed by atoms with E-state index in [1.807, 2.05) is 37.3 Å². The van der Waals surface area contributed by atoms with Crippen LogP contribution in [0.4, 0.5) is 0 Å². The van der Waals surface area contributed by atoms with E-state index in [1.165, 1.54) is 32.1 Å². The smallest absolute Gasteiger partial charge is 0.252 e. The van der Waals surface area contributed by atoms with E-state index < -0.39 is 0 Å². The van der Waals surface area contributed by atoms with Crippen LogP contribution in [0.3, 0.4) is 0 Å². The molecule has 0 aliphatic carbocycles. The van der Waals surface area contributed by atoms with Crippen molar-refractivity contribution in [2.75, 3.05) is 21.3 Å². The lowest BCUT2D eigenvalue weighted by molar-refractivity contribution is 0.0937. The van der Waals surface area contributed by atoms with Crippen LogP contribution in [0.1, 0.15) is 34.7 Å². The van der Waals surface area contributed by atoms with Crippen LogP contribution in [-0.4, -0.2) is 36.8 Å².